The van der Waals surface area contributed by atoms with E-state index in [1.54, 1.807) is 0 Å². The lowest BCUT2D eigenvalue weighted by Gasteiger charge is -2.36. The molecular formula is C7H19PS. The van der Waals surface area contributed by atoms with E-state index >= 15 is 0 Å². The van der Waals surface area contributed by atoms with E-state index in [4.69, 9.17) is 0 Å². The van der Waals surface area contributed by atoms with Crippen molar-refractivity contribution in [3.63, 3.8) is 0 Å². The second-order valence-corrected chi connectivity index (χ2v) is 13.0. The van der Waals surface area contributed by atoms with Crippen LogP contribution in [0, 0.1) is 0 Å². The van der Waals surface area contributed by atoms with E-state index < -0.39 is 0 Å². The maximum atomic E-state index is 2.46. The fourth-order valence-electron chi connectivity index (χ4n) is 0.570. The molecule has 0 aliphatic rings. The van der Waals surface area contributed by atoms with Gasteiger partial charge in [0.2, 0.25) is 0 Å². The summed E-state index contributed by atoms with van der Waals surface area (Å²) in [6.45, 7) is 7.08. The lowest BCUT2D eigenvalue weighted by molar-refractivity contribution is 1.49. The third kappa shape index (κ3) is 2.91. The van der Waals surface area contributed by atoms with Gasteiger partial charge < -0.3 is 0 Å². The van der Waals surface area contributed by atoms with Crippen LogP contribution in [-0.2, 0) is 0 Å². The van der Waals surface area contributed by atoms with Gasteiger partial charge in [0.05, 0.1) is 0 Å². The van der Waals surface area contributed by atoms with Gasteiger partial charge in [-0.3, -0.25) is 0 Å². The van der Waals surface area contributed by atoms with Crippen LogP contribution < -0.4 is 0 Å². The fraction of sp³-hybridized carbons (Fsp3) is 1.00. The summed E-state index contributed by atoms with van der Waals surface area (Å²) >= 11 is 0. The van der Waals surface area contributed by atoms with Gasteiger partial charge in [-0.1, -0.05) is 21.0 Å². The summed E-state index contributed by atoms with van der Waals surface area (Å²) in [7, 11) is 0.178. The van der Waals surface area contributed by atoms with Crippen LogP contribution in [0.5, 0.6) is 0 Å². The molecule has 0 spiro atoms. The van der Waals surface area contributed by atoms with Crippen molar-refractivity contribution in [3.8, 4) is 0 Å². The summed E-state index contributed by atoms with van der Waals surface area (Å²) in [5.74, 6) is 1.41. The number of hydrogen-bond acceptors (Lipinski definition) is 0. The smallest absolute Gasteiger partial charge is 0.0226 e. The molecule has 9 heavy (non-hydrogen) atoms. The number of rotatable bonds is 3. The second-order valence-electron chi connectivity index (χ2n) is 2.71. The van der Waals surface area contributed by atoms with Crippen molar-refractivity contribution in [3.05, 3.63) is 0 Å². The predicted octanol–water partition coefficient (Wildman–Crippen LogP) is 3.12. The van der Waals surface area contributed by atoms with Crippen LogP contribution in [-0.4, -0.2) is 31.1 Å². The summed E-state index contributed by atoms with van der Waals surface area (Å²) in [6.07, 6.45) is 6.33. The third-order valence-corrected chi connectivity index (χ3v) is 12.6. The summed E-state index contributed by atoms with van der Waals surface area (Å²) in [4.78, 5) is 0. The zero-order chi connectivity index (χ0) is 7.49. The van der Waals surface area contributed by atoms with Crippen LogP contribution in [0.25, 0.3) is 0 Å². The van der Waals surface area contributed by atoms with Crippen molar-refractivity contribution < 1.29 is 0 Å². The van der Waals surface area contributed by atoms with Crippen LogP contribution >= 0.6 is 16.8 Å². The Bertz CT molecular complexity index is 81.0. The molecule has 1 unspecified atom stereocenters. The topological polar surface area (TPSA) is 0 Å². The molecule has 1 atom stereocenters. The Kier molecular flexibility index (Phi) is 4.16. The zero-order valence-corrected chi connectivity index (χ0v) is 8.98. The van der Waals surface area contributed by atoms with Gasteiger partial charge >= 0.3 is 0 Å². The summed E-state index contributed by atoms with van der Waals surface area (Å²) in [5, 5.41) is 0. The van der Waals surface area contributed by atoms with E-state index in [2.05, 4.69) is 33.0 Å². The van der Waals surface area contributed by atoms with Gasteiger partial charge in [-0.25, -0.2) is 9.65 Å². The molecule has 0 amide bonds. The Morgan fingerprint density at radius 2 is 1.67 bits per heavy atom. The second kappa shape index (κ2) is 3.83. The molecule has 58 valence electrons. The first-order valence-corrected chi connectivity index (χ1v) is 8.66. The minimum atomic E-state index is -0.183. The molecular weight excluding hydrogens is 147 g/mol. The van der Waals surface area contributed by atoms with Crippen LogP contribution in [0.3, 0.4) is 0 Å². The SMILES string of the molecule is CCP(C)S(C)(C)CC. The quantitative estimate of drug-likeness (QED) is 0.565. The summed E-state index contributed by atoms with van der Waals surface area (Å²) < 4.78 is 0. The van der Waals surface area contributed by atoms with Crippen molar-refractivity contribution in [2.45, 2.75) is 13.8 Å². The zero-order valence-electron chi connectivity index (χ0n) is 7.27. The van der Waals surface area contributed by atoms with Gasteiger partial charge in [0.1, 0.15) is 0 Å². The first-order chi connectivity index (χ1) is 4.04. The van der Waals surface area contributed by atoms with Gasteiger partial charge in [-0.05, 0) is 31.1 Å². The Hall–Kier alpha value is 0.780. The minimum absolute atomic E-state index is 0.183. The molecule has 0 N–H and O–H groups in total. The van der Waals surface area contributed by atoms with Crippen molar-refractivity contribution in [1.29, 1.82) is 0 Å². The maximum absolute atomic E-state index is 2.46. The molecule has 0 bridgehead atoms. The van der Waals surface area contributed by atoms with Crippen molar-refractivity contribution in [2.75, 3.05) is 31.1 Å². The largest absolute Gasteiger partial charge is 0.227 e. The van der Waals surface area contributed by atoms with Gasteiger partial charge in [0, 0.05) is 0 Å². The molecule has 0 aliphatic carbocycles. The molecule has 0 aromatic carbocycles. The molecule has 0 rings (SSSR count). The van der Waals surface area contributed by atoms with Crippen molar-refractivity contribution in [2.24, 2.45) is 0 Å². The van der Waals surface area contributed by atoms with E-state index in [1.807, 2.05) is 0 Å². The van der Waals surface area contributed by atoms with Crippen molar-refractivity contribution in [1.82, 2.24) is 0 Å². The highest BCUT2D eigenvalue weighted by Gasteiger charge is 2.14. The Labute approximate surface area is 62.2 Å². The fourth-order valence-corrected chi connectivity index (χ4v) is 5.13. The highest BCUT2D eigenvalue weighted by molar-refractivity contribution is 8.76. The Morgan fingerprint density at radius 3 is 1.78 bits per heavy atom. The molecule has 0 saturated carbocycles. The first-order valence-electron chi connectivity index (χ1n) is 3.47. The number of hydrogen-bond donors (Lipinski definition) is 0. The van der Waals surface area contributed by atoms with E-state index in [0.29, 0.717) is 7.12 Å². The van der Waals surface area contributed by atoms with E-state index in [9.17, 15) is 0 Å². The molecule has 0 fully saturated rings. The van der Waals surface area contributed by atoms with E-state index in [-0.39, 0.29) is 9.65 Å². The molecule has 0 radical (unpaired) electrons. The summed E-state index contributed by atoms with van der Waals surface area (Å²) in [5.41, 5.74) is 0. The average molecular weight is 166 g/mol. The normalized spacial score (nSPS) is 17.4. The predicted molar refractivity (Wildman–Crippen MR) is 53.4 cm³/mol. The lowest BCUT2D eigenvalue weighted by Crippen LogP contribution is -1.96. The monoisotopic (exact) mass is 166 g/mol. The van der Waals surface area contributed by atoms with Gasteiger partial charge in [0.15, 0.2) is 0 Å². The van der Waals surface area contributed by atoms with Gasteiger partial charge in [0.25, 0.3) is 0 Å². The third-order valence-electron chi connectivity index (χ3n) is 2.00. The van der Waals surface area contributed by atoms with E-state index in [0.717, 1.165) is 0 Å². The maximum Gasteiger partial charge on any atom is -0.0226 e. The lowest BCUT2D eigenvalue weighted by atomic mass is 11.0. The molecule has 2 heteroatoms. The molecule has 0 nitrogen and oxygen atoms in total. The van der Waals surface area contributed by atoms with Crippen LogP contribution in [0.4, 0.5) is 0 Å². The summed E-state index contributed by atoms with van der Waals surface area (Å²) in [6, 6.07) is 0. The van der Waals surface area contributed by atoms with Crippen LogP contribution in [0.1, 0.15) is 13.8 Å². The first kappa shape index (κ1) is 9.78. The Morgan fingerprint density at radius 1 is 1.22 bits per heavy atom. The van der Waals surface area contributed by atoms with E-state index in [1.165, 1.54) is 11.9 Å². The van der Waals surface area contributed by atoms with Crippen LogP contribution in [0.15, 0.2) is 0 Å². The molecule has 0 aliphatic heterocycles. The molecule has 0 heterocycles. The van der Waals surface area contributed by atoms with Gasteiger partial charge in [-0.15, -0.1) is 0 Å². The standard InChI is InChI=1S/C7H19PS/c1-6-8(3)9(4,5)7-2/h6-7H2,1-5H3. The van der Waals surface area contributed by atoms with Crippen LogP contribution in [0.2, 0.25) is 0 Å². The molecule has 0 saturated heterocycles. The minimum Gasteiger partial charge on any atom is -0.227 e. The molecule has 0 aromatic heterocycles. The highest BCUT2D eigenvalue weighted by Crippen LogP contribution is 2.68. The molecule has 0 aromatic rings. The highest BCUT2D eigenvalue weighted by atomic mass is 32.8. The van der Waals surface area contributed by atoms with Gasteiger partial charge in [-0.2, -0.15) is 0 Å². The Balaban J connectivity index is 3.80. The van der Waals surface area contributed by atoms with Crippen molar-refractivity contribution >= 4 is 16.8 Å². The average Bonchev–Trinajstić information content (AvgIpc) is 1.86.